The van der Waals surface area contributed by atoms with Gasteiger partial charge in [0.2, 0.25) is 5.82 Å². The molecule has 1 aromatic heterocycles. The first-order valence-electron chi connectivity index (χ1n) is 5.26. The van der Waals surface area contributed by atoms with E-state index in [1.54, 1.807) is 19.1 Å². The molecule has 0 bridgehead atoms. The Balaban J connectivity index is 2.85. The van der Waals surface area contributed by atoms with E-state index in [2.05, 4.69) is 9.97 Å². The molecule has 0 saturated carbocycles. The van der Waals surface area contributed by atoms with Crippen molar-refractivity contribution in [2.24, 2.45) is 0 Å². The molecule has 0 fully saturated rings. The van der Waals surface area contributed by atoms with Crippen molar-refractivity contribution in [2.75, 3.05) is 37.9 Å². The van der Waals surface area contributed by atoms with Gasteiger partial charge in [0.25, 0.3) is 0 Å². The lowest BCUT2D eigenvalue weighted by molar-refractivity contribution is -0.144. The highest BCUT2D eigenvalue weighted by molar-refractivity contribution is 5.46. The van der Waals surface area contributed by atoms with Gasteiger partial charge in [0.15, 0.2) is 0 Å². The Morgan fingerprint density at radius 2 is 2.06 bits per heavy atom. The van der Waals surface area contributed by atoms with Gasteiger partial charge < -0.3 is 15.4 Å². The Labute approximate surface area is 103 Å². The van der Waals surface area contributed by atoms with E-state index in [4.69, 9.17) is 10.5 Å². The molecule has 0 saturated heterocycles. The second kappa shape index (κ2) is 5.85. The number of rotatable bonds is 5. The van der Waals surface area contributed by atoms with Gasteiger partial charge >= 0.3 is 6.18 Å². The van der Waals surface area contributed by atoms with E-state index in [-0.39, 0.29) is 11.6 Å². The van der Waals surface area contributed by atoms with E-state index < -0.39 is 12.0 Å². The molecule has 2 N–H and O–H groups in total. The van der Waals surface area contributed by atoms with Crippen molar-refractivity contribution in [3.8, 4) is 0 Å². The number of halogens is 3. The van der Waals surface area contributed by atoms with Gasteiger partial charge in [0, 0.05) is 33.4 Å². The molecule has 0 aliphatic rings. The molecule has 0 atom stereocenters. The van der Waals surface area contributed by atoms with E-state index in [1.165, 1.54) is 6.07 Å². The third-order valence-electron chi connectivity index (χ3n) is 2.22. The van der Waals surface area contributed by atoms with Gasteiger partial charge in [-0.25, -0.2) is 9.97 Å². The molecule has 5 nitrogen and oxygen atoms in total. The topological polar surface area (TPSA) is 64.3 Å². The van der Waals surface area contributed by atoms with Gasteiger partial charge in [-0.3, -0.25) is 0 Å². The fraction of sp³-hybridized carbons (Fsp3) is 0.600. The van der Waals surface area contributed by atoms with E-state index in [9.17, 15) is 13.2 Å². The van der Waals surface area contributed by atoms with Crippen LogP contribution in [0.15, 0.2) is 6.07 Å². The average Bonchev–Trinajstić information content (AvgIpc) is 2.27. The number of nitrogens with two attached hydrogens (primary N) is 1. The third kappa shape index (κ3) is 4.02. The first-order valence-corrected chi connectivity index (χ1v) is 5.26. The summed E-state index contributed by atoms with van der Waals surface area (Å²) in [5, 5.41) is 0. The first-order chi connectivity index (χ1) is 8.34. The van der Waals surface area contributed by atoms with Gasteiger partial charge in [-0.1, -0.05) is 0 Å². The van der Waals surface area contributed by atoms with Gasteiger partial charge in [-0.2, -0.15) is 13.2 Å². The number of alkyl halides is 3. The molecule has 0 spiro atoms. The SMILES string of the molecule is COCCCN(C)c1cc(N)nc(C(F)(F)F)n1. The van der Waals surface area contributed by atoms with Crippen LogP contribution in [0.5, 0.6) is 0 Å². The number of aromatic nitrogens is 2. The predicted molar refractivity (Wildman–Crippen MR) is 61.2 cm³/mol. The van der Waals surface area contributed by atoms with Crippen LogP contribution in [0.1, 0.15) is 12.2 Å². The van der Waals surface area contributed by atoms with Crippen molar-refractivity contribution in [3.63, 3.8) is 0 Å². The smallest absolute Gasteiger partial charge is 0.385 e. The summed E-state index contributed by atoms with van der Waals surface area (Å²) >= 11 is 0. The summed E-state index contributed by atoms with van der Waals surface area (Å²) in [5.41, 5.74) is 5.35. The Morgan fingerprint density at radius 3 is 2.61 bits per heavy atom. The number of ether oxygens (including phenoxy) is 1. The van der Waals surface area contributed by atoms with Crippen molar-refractivity contribution in [3.05, 3.63) is 11.9 Å². The van der Waals surface area contributed by atoms with Crippen LogP contribution >= 0.6 is 0 Å². The molecule has 0 aromatic carbocycles. The maximum Gasteiger partial charge on any atom is 0.451 e. The molecular weight excluding hydrogens is 249 g/mol. The van der Waals surface area contributed by atoms with E-state index in [1.807, 2.05) is 0 Å². The summed E-state index contributed by atoms with van der Waals surface area (Å²) in [7, 11) is 3.20. The molecule has 1 aromatic rings. The van der Waals surface area contributed by atoms with Gasteiger partial charge in [0.1, 0.15) is 11.6 Å². The lowest BCUT2D eigenvalue weighted by Gasteiger charge is -2.19. The van der Waals surface area contributed by atoms with Crippen LogP contribution in [0.25, 0.3) is 0 Å². The summed E-state index contributed by atoms with van der Waals surface area (Å²) in [6.07, 6.45) is -3.92. The Hall–Kier alpha value is -1.57. The van der Waals surface area contributed by atoms with Crippen molar-refractivity contribution in [2.45, 2.75) is 12.6 Å². The lowest BCUT2D eigenvalue weighted by Crippen LogP contribution is -2.23. The fourth-order valence-electron chi connectivity index (χ4n) is 1.34. The van der Waals surface area contributed by atoms with Crippen LogP contribution in [0, 0.1) is 0 Å². The van der Waals surface area contributed by atoms with Crippen LogP contribution in [0.2, 0.25) is 0 Å². The van der Waals surface area contributed by atoms with Crippen molar-refractivity contribution in [1.29, 1.82) is 0 Å². The molecule has 0 aliphatic heterocycles. The fourth-order valence-corrected chi connectivity index (χ4v) is 1.34. The highest BCUT2D eigenvalue weighted by Crippen LogP contribution is 2.28. The monoisotopic (exact) mass is 264 g/mol. The molecule has 0 unspecified atom stereocenters. The maximum absolute atomic E-state index is 12.5. The van der Waals surface area contributed by atoms with E-state index >= 15 is 0 Å². The lowest BCUT2D eigenvalue weighted by atomic mass is 10.4. The minimum atomic E-state index is -4.60. The molecule has 1 rings (SSSR count). The molecule has 18 heavy (non-hydrogen) atoms. The van der Waals surface area contributed by atoms with Gasteiger partial charge in [-0.15, -0.1) is 0 Å². The number of hydrogen-bond donors (Lipinski definition) is 1. The van der Waals surface area contributed by atoms with Crippen LogP contribution in [-0.2, 0) is 10.9 Å². The molecule has 0 radical (unpaired) electrons. The van der Waals surface area contributed by atoms with Crippen molar-refractivity contribution >= 4 is 11.6 Å². The van der Waals surface area contributed by atoms with Crippen LogP contribution in [0.3, 0.4) is 0 Å². The summed E-state index contributed by atoms with van der Waals surface area (Å²) in [4.78, 5) is 8.20. The highest BCUT2D eigenvalue weighted by Gasteiger charge is 2.35. The molecule has 0 aliphatic carbocycles. The molecule has 1 heterocycles. The average molecular weight is 264 g/mol. The maximum atomic E-state index is 12.5. The van der Waals surface area contributed by atoms with Gasteiger partial charge in [0.05, 0.1) is 0 Å². The first kappa shape index (κ1) is 14.5. The molecule has 8 heteroatoms. The normalized spacial score (nSPS) is 11.6. The second-order valence-electron chi connectivity index (χ2n) is 3.74. The van der Waals surface area contributed by atoms with E-state index in [0.29, 0.717) is 19.6 Å². The van der Waals surface area contributed by atoms with E-state index in [0.717, 1.165) is 0 Å². The van der Waals surface area contributed by atoms with Crippen LogP contribution in [-0.4, -0.2) is 37.3 Å². The Morgan fingerprint density at radius 1 is 1.39 bits per heavy atom. The summed E-state index contributed by atoms with van der Waals surface area (Å²) in [5.74, 6) is -1.28. The predicted octanol–water partition coefficient (Wildman–Crippen LogP) is 1.55. The van der Waals surface area contributed by atoms with Crippen molar-refractivity contribution in [1.82, 2.24) is 9.97 Å². The minimum absolute atomic E-state index is 0.144. The Kier molecular flexibility index (Phi) is 4.71. The highest BCUT2D eigenvalue weighted by atomic mass is 19.4. The summed E-state index contributed by atoms with van der Waals surface area (Å²) < 4.78 is 42.4. The minimum Gasteiger partial charge on any atom is -0.385 e. The van der Waals surface area contributed by atoms with Crippen molar-refractivity contribution < 1.29 is 17.9 Å². The quantitative estimate of drug-likeness (QED) is 0.817. The van der Waals surface area contributed by atoms with Crippen LogP contribution in [0.4, 0.5) is 24.8 Å². The number of nitrogen functional groups attached to an aromatic ring is 1. The summed E-state index contributed by atoms with van der Waals surface area (Å²) in [6, 6.07) is 1.31. The Bertz CT molecular complexity index is 397. The number of methoxy groups -OCH3 is 1. The number of anilines is 2. The zero-order chi connectivity index (χ0) is 13.8. The second-order valence-corrected chi connectivity index (χ2v) is 3.74. The molecule has 0 amide bonds. The largest absolute Gasteiger partial charge is 0.451 e. The van der Waals surface area contributed by atoms with Gasteiger partial charge in [-0.05, 0) is 6.42 Å². The third-order valence-corrected chi connectivity index (χ3v) is 2.22. The zero-order valence-corrected chi connectivity index (χ0v) is 10.2. The zero-order valence-electron chi connectivity index (χ0n) is 10.2. The standard InChI is InChI=1S/C10H15F3N4O/c1-17(4-3-5-18-2)8-6-7(14)15-9(16-8)10(11,12)13/h6H,3-5H2,1-2H3,(H2,14,15,16). The number of hydrogen-bond acceptors (Lipinski definition) is 5. The summed E-state index contributed by atoms with van der Waals surface area (Å²) in [6.45, 7) is 1.04. The molecule has 102 valence electrons. The van der Waals surface area contributed by atoms with Crippen LogP contribution < -0.4 is 10.6 Å². The molecular formula is C10H15F3N4O. The number of nitrogens with zero attached hydrogens (tertiary/aromatic N) is 3.